The van der Waals surface area contributed by atoms with E-state index in [4.69, 9.17) is 23.2 Å². The van der Waals surface area contributed by atoms with Crippen molar-refractivity contribution in [3.05, 3.63) is 76.1 Å². The van der Waals surface area contributed by atoms with Crippen molar-refractivity contribution < 1.29 is 4.79 Å². The number of hydrogen-bond donors (Lipinski definition) is 1. The second kappa shape index (κ2) is 9.00. The Balaban J connectivity index is 1.56. The monoisotopic (exact) mass is 460 g/mol. The molecule has 0 unspecified atom stereocenters. The van der Waals surface area contributed by atoms with Gasteiger partial charge in [0.15, 0.2) is 11.0 Å². The van der Waals surface area contributed by atoms with E-state index in [0.29, 0.717) is 20.9 Å². The molecule has 0 radical (unpaired) electrons. The molecule has 4 aromatic rings. The molecule has 4 rings (SSSR count). The number of rotatable bonds is 6. The van der Waals surface area contributed by atoms with Crippen LogP contribution in [0.2, 0.25) is 10.0 Å². The largest absolute Gasteiger partial charge is 0.324 e. The molecule has 0 saturated heterocycles. The van der Waals surface area contributed by atoms with Crippen LogP contribution in [0.3, 0.4) is 0 Å². The number of halogens is 2. The molecule has 2 heterocycles. The van der Waals surface area contributed by atoms with Gasteiger partial charge in [-0.3, -0.25) is 9.36 Å². The lowest BCUT2D eigenvalue weighted by Crippen LogP contribution is -2.15. The molecule has 9 heteroatoms. The second-order valence-electron chi connectivity index (χ2n) is 5.92. The average molecular weight is 461 g/mol. The first-order valence-electron chi connectivity index (χ1n) is 8.54. The van der Waals surface area contributed by atoms with Crippen LogP contribution in [-0.2, 0) is 4.79 Å². The molecule has 0 spiro atoms. The SMILES string of the molecule is O=C(CSc1nnc(-c2cccs2)n1-c1ccccc1)Nc1cc(Cl)ccc1Cl. The van der Waals surface area contributed by atoms with Gasteiger partial charge >= 0.3 is 0 Å². The van der Waals surface area contributed by atoms with Crippen LogP contribution in [0.25, 0.3) is 16.4 Å². The van der Waals surface area contributed by atoms with Gasteiger partial charge in [-0.2, -0.15) is 0 Å². The third-order valence-corrected chi connectivity index (χ3v) is 6.28. The topological polar surface area (TPSA) is 59.8 Å². The summed E-state index contributed by atoms with van der Waals surface area (Å²) < 4.78 is 1.95. The number of hydrogen-bond acceptors (Lipinski definition) is 5. The molecular weight excluding hydrogens is 447 g/mol. The minimum atomic E-state index is -0.209. The van der Waals surface area contributed by atoms with Crippen molar-refractivity contribution in [2.45, 2.75) is 5.16 Å². The Morgan fingerprint density at radius 3 is 2.66 bits per heavy atom. The number of aromatic nitrogens is 3. The van der Waals surface area contributed by atoms with E-state index in [0.717, 1.165) is 16.4 Å². The Bertz CT molecular complexity index is 1130. The predicted molar refractivity (Wildman–Crippen MR) is 120 cm³/mol. The Labute approximate surface area is 185 Å². The van der Waals surface area contributed by atoms with E-state index in [1.807, 2.05) is 52.4 Å². The highest BCUT2D eigenvalue weighted by Crippen LogP contribution is 2.31. The fraction of sp³-hybridized carbons (Fsp3) is 0.0500. The molecular formula is C20H14Cl2N4OS2. The summed E-state index contributed by atoms with van der Waals surface area (Å²) >= 11 is 15.0. The third-order valence-electron chi connectivity index (χ3n) is 3.92. The zero-order valence-corrected chi connectivity index (χ0v) is 18.0. The molecule has 0 aliphatic heterocycles. The Morgan fingerprint density at radius 2 is 1.90 bits per heavy atom. The van der Waals surface area contributed by atoms with Crippen LogP contribution in [-0.4, -0.2) is 26.4 Å². The summed E-state index contributed by atoms with van der Waals surface area (Å²) in [6, 6.07) is 18.7. The number of thiophene rings is 1. The van der Waals surface area contributed by atoms with Crippen molar-refractivity contribution in [3.8, 4) is 16.4 Å². The van der Waals surface area contributed by atoms with Crippen molar-refractivity contribution >= 4 is 57.9 Å². The molecule has 2 aromatic carbocycles. The van der Waals surface area contributed by atoms with Crippen LogP contribution in [0.4, 0.5) is 5.69 Å². The van der Waals surface area contributed by atoms with Crippen molar-refractivity contribution in [1.29, 1.82) is 0 Å². The van der Waals surface area contributed by atoms with E-state index < -0.39 is 0 Å². The molecule has 0 bridgehead atoms. The van der Waals surface area contributed by atoms with Gasteiger partial charge in [0.1, 0.15) is 0 Å². The maximum Gasteiger partial charge on any atom is 0.234 e. The summed E-state index contributed by atoms with van der Waals surface area (Å²) in [7, 11) is 0. The number of carbonyl (C=O) groups is 1. The van der Waals surface area contributed by atoms with Gasteiger partial charge < -0.3 is 5.32 Å². The van der Waals surface area contributed by atoms with E-state index in [1.54, 1.807) is 29.5 Å². The number of benzene rings is 2. The third kappa shape index (κ3) is 4.64. The van der Waals surface area contributed by atoms with Crippen molar-refractivity contribution in [2.24, 2.45) is 0 Å². The summed E-state index contributed by atoms with van der Waals surface area (Å²) in [6.07, 6.45) is 0. The van der Waals surface area contributed by atoms with Gasteiger partial charge in [-0.1, -0.05) is 59.2 Å². The number of nitrogens with one attached hydrogen (secondary N) is 1. The van der Waals surface area contributed by atoms with Crippen LogP contribution in [0.5, 0.6) is 0 Å². The fourth-order valence-electron chi connectivity index (χ4n) is 2.65. The number of anilines is 1. The van der Waals surface area contributed by atoms with Gasteiger partial charge in [0.05, 0.1) is 21.3 Å². The van der Waals surface area contributed by atoms with Crippen LogP contribution in [0.1, 0.15) is 0 Å². The van der Waals surface area contributed by atoms with E-state index in [9.17, 15) is 4.79 Å². The molecule has 1 N–H and O–H groups in total. The van der Waals surface area contributed by atoms with Crippen molar-refractivity contribution in [3.63, 3.8) is 0 Å². The van der Waals surface area contributed by atoms with E-state index >= 15 is 0 Å². The highest BCUT2D eigenvalue weighted by atomic mass is 35.5. The quantitative estimate of drug-likeness (QED) is 0.356. The Kier molecular flexibility index (Phi) is 6.20. The average Bonchev–Trinajstić information content (AvgIpc) is 3.39. The molecule has 2 aromatic heterocycles. The highest BCUT2D eigenvalue weighted by Gasteiger charge is 2.18. The summed E-state index contributed by atoms with van der Waals surface area (Å²) in [4.78, 5) is 13.4. The fourth-order valence-corrected chi connectivity index (χ4v) is 4.44. The minimum Gasteiger partial charge on any atom is -0.324 e. The lowest BCUT2D eigenvalue weighted by Gasteiger charge is -2.10. The highest BCUT2D eigenvalue weighted by molar-refractivity contribution is 7.99. The predicted octanol–water partition coefficient (Wildman–Crippen LogP) is 6.03. The van der Waals surface area contributed by atoms with E-state index in [2.05, 4.69) is 15.5 Å². The first kappa shape index (κ1) is 20.0. The zero-order valence-electron chi connectivity index (χ0n) is 14.9. The summed E-state index contributed by atoms with van der Waals surface area (Å²) in [5.74, 6) is 0.685. The number of amides is 1. The van der Waals surface area contributed by atoms with Crippen molar-refractivity contribution in [1.82, 2.24) is 14.8 Å². The van der Waals surface area contributed by atoms with Gasteiger partial charge in [-0.25, -0.2) is 0 Å². The molecule has 0 saturated carbocycles. The van der Waals surface area contributed by atoms with Gasteiger partial charge in [-0.15, -0.1) is 21.5 Å². The van der Waals surface area contributed by atoms with Gasteiger partial charge in [0.25, 0.3) is 0 Å². The summed E-state index contributed by atoms with van der Waals surface area (Å²) in [5, 5.41) is 15.0. The smallest absolute Gasteiger partial charge is 0.234 e. The van der Waals surface area contributed by atoms with Crippen LogP contribution in [0.15, 0.2) is 71.2 Å². The number of nitrogens with zero attached hydrogens (tertiary/aromatic N) is 3. The van der Waals surface area contributed by atoms with Gasteiger partial charge in [0, 0.05) is 10.7 Å². The van der Waals surface area contributed by atoms with Crippen LogP contribution in [0, 0.1) is 0 Å². The Morgan fingerprint density at radius 1 is 1.07 bits per heavy atom. The molecule has 29 heavy (non-hydrogen) atoms. The molecule has 5 nitrogen and oxygen atoms in total. The lowest BCUT2D eigenvalue weighted by atomic mass is 10.3. The molecule has 1 amide bonds. The van der Waals surface area contributed by atoms with Crippen LogP contribution < -0.4 is 5.32 Å². The molecule has 0 fully saturated rings. The molecule has 146 valence electrons. The molecule has 0 aliphatic rings. The number of thioether (sulfide) groups is 1. The molecule has 0 atom stereocenters. The Hall–Kier alpha value is -2.32. The first-order chi connectivity index (χ1) is 14.1. The maximum absolute atomic E-state index is 12.4. The van der Waals surface area contributed by atoms with Gasteiger partial charge in [-0.05, 0) is 41.8 Å². The first-order valence-corrected chi connectivity index (χ1v) is 11.2. The normalized spacial score (nSPS) is 10.8. The van der Waals surface area contributed by atoms with Crippen molar-refractivity contribution in [2.75, 3.05) is 11.1 Å². The zero-order chi connectivity index (χ0) is 20.2. The van der Waals surface area contributed by atoms with Crippen LogP contribution >= 0.6 is 46.3 Å². The lowest BCUT2D eigenvalue weighted by molar-refractivity contribution is -0.113. The van der Waals surface area contributed by atoms with E-state index in [-0.39, 0.29) is 11.7 Å². The summed E-state index contributed by atoms with van der Waals surface area (Å²) in [6.45, 7) is 0. The maximum atomic E-state index is 12.4. The van der Waals surface area contributed by atoms with Gasteiger partial charge in [0.2, 0.25) is 5.91 Å². The molecule has 0 aliphatic carbocycles. The standard InChI is InChI=1S/C20H14Cl2N4OS2/c21-13-8-9-15(22)16(11-13)23-18(27)12-29-20-25-24-19(17-7-4-10-28-17)26(20)14-5-2-1-3-6-14/h1-11H,12H2,(H,23,27). The second-order valence-corrected chi connectivity index (χ2v) is 8.65. The number of para-hydroxylation sites is 1. The van der Waals surface area contributed by atoms with E-state index in [1.165, 1.54) is 11.8 Å². The number of carbonyl (C=O) groups excluding carboxylic acids is 1. The minimum absolute atomic E-state index is 0.151. The summed E-state index contributed by atoms with van der Waals surface area (Å²) in [5.41, 5.74) is 1.41.